The number of rotatable bonds is 12. The van der Waals surface area contributed by atoms with Crippen LogP contribution in [0.4, 0.5) is 39.5 Å². The van der Waals surface area contributed by atoms with Crippen molar-refractivity contribution in [2.75, 3.05) is 6.61 Å². The molecule has 0 aromatic heterocycles. The van der Waals surface area contributed by atoms with E-state index in [1.54, 1.807) is 13.8 Å². The van der Waals surface area contributed by atoms with Crippen molar-refractivity contribution >= 4 is 20.4 Å². The van der Waals surface area contributed by atoms with Gasteiger partial charge in [-0.15, -0.1) is 0 Å². The summed E-state index contributed by atoms with van der Waals surface area (Å²) in [6.45, 7) is 5.46. The molecule has 0 spiro atoms. The van der Waals surface area contributed by atoms with Crippen LogP contribution in [-0.2, 0) is 13.7 Å². The van der Waals surface area contributed by atoms with E-state index in [-0.39, 0.29) is 20.4 Å². The lowest BCUT2D eigenvalue weighted by Gasteiger charge is -2.41. The molecular formula is C28H27F9O4S2. The van der Waals surface area contributed by atoms with Gasteiger partial charge in [0, 0.05) is 14.7 Å². The zero-order valence-electron chi connectivity index (χ0n) is 22.9. The highest BCUT2D eigenvalue weighted by atomic mass is 32.3. The highest BCUT2D eigenvalue weighted by molar-refractivity contribution is 8.33. The minimum Gasteiger partial charge on any atom is -0.494 e. The first kappa shape index (κ1) is 34.6. The molecule has 3 aromatic carbocycles. The Balaban J connectivity index is 2.33. The van der Waals surface area contributed by atoms with E-state index in [1.807, 2.05) is 6.92 Å². The maximum absolute atomic E-state index is 15.0. The molecule has 0 aliphatic heterocycles. The molecule has 0 bridgehead atoms. The van der Waals surface area contributed by atoms with E-state index < -0.39 is 43.7 Å². The zero-order chi connectivity index (χ0) is 32.5. The van der Waals surface area contributed by atoms with Crippen molar-refractivity contribution in [2.24, 2.45) is 0 Å². The fourth-order valence-corrected chi connectivity index (χ4v) is 8.92. The topological polar surface area (TPSA) is 52.6 Å². The first-order chi connectivity index (χ1) is 19.7. The van der Waals surface area contributed by atoms with Crippen molar-refractivity contribution in [2.45, 2.75) is 71.6 Å². The van der Waals surface area contributed by atoms with Gasteiger partial charge in [0.15, 0.2) is 0 Å². The van der Waals surface area contributed by atoms with Gasteiger partial charge < -0.3 is 4.74 Å². The summed E-state index contributed by atoms with van der Waals surface area (Å²) in [5, 5.41) is -7.05. The lowest BCUT2D eigenvalue weighted by molar-refractivity contribution is -0.382. The summed E-state index contributed by atoms with van der Waals surface area (Å²) in [5.41, 5.74) is 1.20. The molecule has 0 saturated heterocycles. The molecule has 0 saturated carbocycles. The SMILES string of the molecule is CCCCOc1ccc(S(OS(=O)(=O)C(F)(F)C(F)(F)C(F)(F)C(F)(F)F)(c2ccc(C)cc2)c2ccc(C)cc2)cc1. The van der Waals surface area contributed by atoms with Gasteiger partial charge in [-0.05, 0) is 79.1 Å². The van der Waals surface area contributed by atoms with E-state index in [9.17, 15) is 47.9 Å². The van der Waals surface area contributed by atoms with Crippen LogP contribution in [0.5, 0.6) is 5.75 Å². The van der Waals surface area contributed by atoms with Crippen LogP contribution in [-0.4, -0.2) is 38.3 Å². The lowest BCUT2D eigenvalue weighted by Crippen LogP contribution is -2.63. The van der Waals surface area contributed by atoms with Crippen molar-refractivity contribution in [1.82, 2.24) is 0 Å². The highest BCUT2D eigenvalue weighted by Gasteiger charge is 2.86. The minimum absolute atomic E-state index is 0.160. The van der Waals surface area contributed by atoms with Crippen LogP contribution >= 0.6 is 10.3 Å². The Hall–Kier alpha value is -2.91. The van der Waals surface area contributed by atoms with Crippen LogP contribution in [0, 0.1) is 13.8 Å². The van der Waals surface area contributed by atoms with E-state index in [0.717, 1.165) is 6.42 Å². The second kappa shape index (κ2) is 12.2. The molecule has 3 aromatic rings. The Bertz CT molecular complexity index is 1440. The molecule has 0 unspecified atom stereocenters. The Labute approximate surface area is 244 Å². The Morgan fingerprint density at radius 2 is 1.02 bits per heavy atom. The van der Waals surface area contributed by atoms with Crippen LogP contribution in [0.1, 0.15) is 30.9 Å². The van der Waals surface area contributed by atoms with Gasteiger partial charge in [0.1, 0.15) is 5.75 Å². The van der Waals surface area contributed by atoms with Gasteiger partial charge in [0.25, 0.3) is 0 Å². The number of hydrogen-bond acceptors (Lipinski definition) is 4. The number of unbranched alkanes of at least 4 members (excludes halogenated alkanes) is 1. The summed E-state index contributed by atoms with van der Waals surface area (Å²) in [7, 11) is -11.3. The maximum atomic E-state index is 15.0. The molecule has 0 amide bonds. The molecule has 15 heteroatoms. The summed E-state index contributed by atoms with van der Waals surface area (Å²) in [6.07, 6.45) is -5.75. The third-order valence-electron chi connectivity index (χ3n) is 6.25. The lowest BCUT2D eigenvalue weighted by atomic mass is 10.1. The standard InChI is InChI=1S/C28H27F9O4S2/c1-4-5-18-40-21-10-16-24(17-11-21)42(22-12-6-19(2)7-13-22,23-14-8-20(3)9-15-23)41-43(38,39)28(36,37)26(31,32)25(29,30)27(33,34)35/h6-17H,4-5,18H2,1-3H3. The third-order valence-corrected chi connectivity index (χ3v) is 11.5. The van der Waals surface area contributed by atoms with Crippen molar-refractivity contribution < 1.29 is 56.3 Å². The van der Waals surface area contributed by atoms with Crippen molar-refractivity contribution in [3.05, 3.63) is 83.9 Å². The maximum Gasteiger partial charge on any atom is 0.460 e. The molecule has 3 rings (SSSR count). The fraction of sp³-hybridized carbons (Fsp3) is 0.357. The van der Waals surface area contributed by atoms with Crippen LogP contribution in [0.25, 0.3) is 0 Å². The first-order valence-corrected chi connectivity index (χ1v) is 15.6. The average Bonchev–Trinajstić information content (AvgIpc) is 2.92. The average molecular weight is 663 g/mol. The van der Waals surface area contributed by atoms with Crippen molar-refractivity contribution in [1.29, 1.82) is 0 Å². The summed E-state index contributed by atoms with van der Waals surface area (Å²) in [6, 6.07) is 15.8. The fourth-order valence-electron chi connectivity index (χ4n) is 3.74. The molecule has 0 atom stereocenters. The van der Waals surface area contributed by atoms with Gasteiger partial charge in [-0.25, -0.2) is 3.63 Å². The number of hydrogen-bond donors (Lipinski definition) is 0. The Morgan fingerprint density at radius 1 is 0.628 bits per heavy atom. The predicted molar refractivity (Wildman–Crippen MR) is 142 cm³/mol. The molecule has 4 nitrogen and oxygen atoms in total. The van der Waals surface area contributed by atoms with Crippen LogP contribution < -0.4 is 4.74 Å². The number of aryl methyl sites for hydroxylation is 2. The van der Waals surface area contributed by atoms with Crippen molar-refractivity contribution in [3.8, 4) is 5.75 Å². The molecule has 0 aliphatic carbocycles. The molecular weight excluding hydrogens is 635 g/mol. The summed E-state index contributed by atoms with van der Waals surface area (Å²) < 4.78 is 161. The molecule has 0 heterocycles. The predicted octanol–water partition coefficient (Wildman–Crippen LogP) is 9.45. The van der Waals surface area contributed by atoms with Gasteiger partial charge >= 0.3 is 33.4 Å². The van der Waals surface area contributed by atoms with Crippen LogP contribution in [0.15, 0.2) is 87.5 Å². The Kier molecular flexibility index (Phi) is 9.84. The number of benzene rings is 3. The number of halogens is 9. The smallest absolute Gasteiger partial charge is 0.460 e. The zero-order valence-corrected chi connectivity index (χ0v) is 24.5. The quantitative estimate of drug-likeness (QED) is 0.143. The van der Waals surface area contributed by atoms with Crippen LogP contribution in [0.3, 0.4) is 0 Å². The summed E-state index contributed by atoms with van der Waals surface area (Å²) >= 11 is 0. The number of ether oxygens (including phenoxy) is 1. The normalized spacial score (nSPS) is 14.0. The van der Waals surface area contributed by atoms with Gasteiger partial charge in [-0.1, -0.05) is 48.7 Å². The molecule has 238 valence electrons. The third kappa shape index (κ3) is 6.34. The van der Waals surface area contributed by atoms with E-state index >= 15 is 0 Å². The largest absolute Gasteiger partial charge is 0.494 e. The second-order valence-corrected chi connectivity index (χ2v) is 14.0. The number of alkyl halides is 9. The summed E-state index contributed by atoms with van der Waals surface area (Å²) in [5.74, 6) is -14.6. The second-order valence-electron chi connectivity index (χ2n) is 9.54. The van der Waals surface area contributed by atoms with E-state index in [4.69, 9.17) is 8.37 Å². The molecule has 0 radical (unpaired) electrons. The summed E-state index contributed by atoms with van der Waals surface area (Å²) in [4.78, 5) is -0.507. The molecule has 43 heavy (non-hydrogen) atoms. The van der Waals surface area contributed by atoms with Gasteiger partial charge in [-0.3, -0.25) is 0 Å². The van der Waals surface area contributed by atoms with Gasteiger partial charge in [0.2, 0.25) is 0 Å². The van der Waals surface area contributed by atoms with Gasteiger partial charge in [0.05, 0.1) is 6.61 Å². The van der Waals surface area contributed by atoms with E-state index in [1.165, 1.54) is 72.8 Å². The van der Waals surface area contributed by atoms with E-state index in [2.05, 4.69) is 0 Å². The minimum atomic E-state index is -7.46. The molecule has 0 fully saturated rings. The Morgan fingerprint density at radius 3 is 1.40 bits per heavy atom. The molecule has 0 aliphatic rings. The molecule has 0 N–H and O–H groups in total. The van der Waals surface area contributed by atoms with Gasteiger partial charge in [-0.2, -0.15) is 47.9 Å². The monoisotopic (exact) mass is 662 g/mol. The van der Waals surface area contributed by atoms with Crippen molar-refractivity contribution in [3.63, 3.8) is 0 Å². The van der Waals surface area contributed by atoms with E-state index in [0.29, 0.717) is 24.2 Å². The highest BCUT2D eigenvalue weighted by Crippen LogP contribution is 2.71. The first-order valence-electron chi connectivity index (χ1n) is 12.6. The van der Waals surface area contributed by atoms with Crippen LogP contribution in [0.2, 0.25) is 0 Å².